The number of nitrogens with zero attached hydrogens (tertiary/aromatic N) is 2. The molecule has 0 aliphatic carbocycles. The van der Waals surface area contributed by atoms with Crippen molar-refractivity contribution < 1.29 is 22.0 Å². The van der Waals surface area contributed by atoms with Crippen molar-refractivity contribution in [2.45, 2.75) is 19.0 Å². The quantitative estimate of drug-likeness (QED) is 0.606. The molecule has 0 fully saturated rings. The molecule has 1 heterocycles. The molecule has 17 heavy (non-hydrogen) atoms. The molecule has 0 bridgehead atoms. The van der Waals surface area contributed by atoms with E-state index in [1.165, 1.54) is 6.07 Å². The van der Waals surface area contributed by atoms with Gasteiger partial charge in [0.05, 0.1) is 23.7 Å². The molecule has 0 N–H and O–H groups in total. The Kier molecular flexibility index (Phi) is 3.88. The fourth-order valence-electron chi connectivity index (χ4n) is 1.29. The van der Waals surface area contributed by atoms with Gasteiger partial charge < -0.3 is 0 Å². The monoisotopic (exact) mass is 270 g/mol. The molecule has 8 heteroatoms. The highest BCUT2D eigenvalue weighted by molar-refractivity contribution is 6.29. The lowest BCUT2D eigenvalue weighted by molar-refractivity contribution is -0.140. The van der Waals surface area contributed by atoms with Gasteiger partial charge in [-0.1, -0.05) is 11.6 Å². The van der Waals surface area contributed by atoms with Crippen LogP contribution in [0.15, 0.2) is 6.07 Å². The molecular formula is C9H4ClF5N2. The van der Waals surface area contributed by atoms with Crippen LogP contribution in [0.1, 0.15) is 23.2 Å². The molecule has 1 aromatic heterocycles. The smallest absolute Gasteiger partial charge is 0.239 e. The van der Waals surface area contributed by atoms with Gasteiger partial charge in [-0.15, -0.1) is 0 Å². The Bertz CT molecular complexity index is 464. The van der Waals surface area contributed by atoms with E-state index < -0.39 is 41.0 Å². The number of pyridine rings is 1. The number of rotatable bonds is 2. The second kappa shape index (κ2) is 4.84. The number of nitriles is 1. The molecule has 0 spiro atoms. The van der Waals surface area contributed by atoms with Crippen LogP contribution in [0, 0.1) is 11.3 Å². The minimum Gasteiger partial charge on any atom is -0.239 e. The third-order valence-corrected chi connectivity index (χ3v) is 2.05. The number of alkyl halides is 5. The highest BCUT2D eigenvalue weighted by Gasteiger charge is 2.39. The standard InChI is InChI=1S/C9H4ClF5N2/c10-6-3-4(8(11)12)7(9(13,14)15)5(17-6)1-2-16/h3,8H,1H2. The lowest BCUT2D eigenvalue weighted by Gasteiger charge is -2.15. The van der Waals surface area contributed by atoms with Gasteiger partial charge in [0.1, 0.15) is 5.15 Å². The van der Waals surface area contributed by atoms with Gasteiger partial charge in [0.15, 0.2) is 0 Å². The fraction of sp³-hybridized carbons (Fsp3) is 0.333. The van der Waals surface area contributed by atoms with Gasteiger partial charge in [0, 0.05) is 5.56 Å². The van der Waals surface area contributed by atoms with E-state index in [1.807, 2.05) is 0 Å². The summed E-state index contributed by atoms with van der Waals surface area (Å²) in [4.78, 5) is 3.26. The molecule has 0 aromatic carbocycles. The van der Waals surface area contributed by atoms with Crippen LogP contribution in [0.4, 0.5) is 22.0 Å². The average Bonchev–Trinajstić information content (AvgIpc) is 2.14. The second-order valence-corrected chi connectivity index (χ2v) is 3.38. The molecule has 0 aliphatic rings. The molecular weight excluding hydrogens is 267 g/mol. The van der Waals surface area contributed by atoms with Gasteiger partial charge in [-0.25, -0.2) is 13.8 Å². The predicted molar refractivity (Wildman–Crippen MR) is 48.5 cm³/mol. The maximum atomic E-state index is 12.6. The minimum absolute atomic E-state index is 0.454. The molecule has 0 atom stereocenters. The van der Waals surface area contributed by atoms with Crippen molar-refractivity contribution in [1.82, 2.24) is 4.98 Å². The molecule has 0 unspecified atom stereocenters. The van der Waals surface area contributed by atoms with Crippen molar-refractivity contribution in [2.75, 3.05) is 0 Å². The molecule has 1 aromatic rings. The Morgan fingerprint density at radius 1 is 1.41 bits per heavy atom. The van der Waals surface area contributed by atoms with Crippen molar-refractivity contribution in [3.63, 3.8) is 0 Å². The summed E-state index contributed by atoms with van der Waals surface area (Å²) in [6.07, 6.45) is -9.09. The average molecular weight is 271 g/mol. The zero-order valence-corrected chi connectivity index (χ0v) is 8.78. The van der Waals surface area contributed by atoms with E-state index in [0.29, 0.717) is 6.07 Å². The van der Waals surface area contributed by atoms with Gasteiger partial charge in [0.2, 0.25) is 0 Å². The Morgan fingerprint density at radius 2 is 2.00 bits per heavy atom. The van der Waals surface area contributed by atoms with Crippen LogP contribution < -0.4 is 0 Å². The summed E-state index contributed by atoms with van der Waals surface area (Å²) in [5.74, 6) is 0. The number of hydrogen-bond donors (Lipinski definition) is 0. The van der Waals surface area contributed by atoms with Gasteiger partial charge in [0.25, 0.3) is 6.43 Å². The molecule has 0 aliphatic heterocycles. The highest BCUT2D eigenvalue weighted by atomic mass is 35.5. The third-order valence-electron chi connectivity index (χ3n) is 1.86. The first-order chi connectivity index (χ1) is 7.77. The maximum Gasteiger partial charge on any atom is 0.418 e. The highest BCUT2D eigenvalue weighted by Crippen LogP contribution is 2.39. The molecule has 92 valence electrons. The third kappa shape index (κ3) is 3.03. The van der Waals surface area contributed by atoms with E-state index >= 15 is 0 Å². The van der Waals surface area contributed by atoms with E-state index in [-0.39, 0.29) is 0 Å². The van der Waals surface area contributed by atoms with Crippen LogP contribution in [0.5, 0.6) is 0 Å². The Morgan fingerprint density at radius 3 is 2.41 bits per heavy atom. The van der Waals surface area contributed by atoms with Crippen molar-refractivity contribution in [3.05, 3.63) is 28.0 Å². The summed E-state index contributed by atoms with van der Waals surface area (Å²) in [5, 5.41) is 7.84. The summed E-state index contributed by atoms with van der Waals surface area (Å²) < 4.78 is 62.8. The Hall–Kier alpha value is -1.42. The zero-order valence-electron chi connectivity index (χ0n) is 8.02. The van der Waals surface area contributed by atoms with E-state index in [4.69, 9.17) is 16.9 Å². The van der Waals surface area contributed by atoms with Crippen molar-refractivity contribution in [2.24, 2.45) is 0 Å². The van der Waals surface area contributed by atoms with Crippen LogP contribution in [-0.4, -0.2) is 4.98 Å². The first kappa shape index (κ1) is 13.6. The first-order valence-corrected chi connectivity index (χ1v) is 4.56. The molecule has 0 radical (unpaired) electrons. The minimum atomic E-state index is -5.00. The van der Waals surface area contributed by atoms with Gasteiger partial charge in [-0.05, 0) is 6.07 Å². The molecule has 1 rings (SSSR count). The lowest BCUT2D eigenvalue weighted by atomic mass is 10.0. The molecule has 0 amide bonds. The number of hydrogen-bond acceptors (Lipinski definition) is 2. The van der Waals surface area contributed by atoms with Crippen molar-refractivity contribution >= 4 is 11.6 Å². The number of halogens is 6. The summed E-state index contributed by atoms with van der Waals surface area (Å²) >= 11 is 5.33. The van der Waals surface area contributed by atoms with Gasteiger partial charge >= 0.3 is 6.18 Å². The van der Waals surface area contributed by atoms with E-state index in [1.54, 1.807) is 0 Å². The Labute approximate surface area is 97.6 Å². The van der Waals surface area contributed by atoms with Crippen LogP contribution in [0.2, 0.25) is 5.15 Å². The van der Waals surface area contributed by atoms with E-state index in [9.17, 15) is 22.0 Å². The summed E-state index contributed by atoms with van der Waals surface area (Å²) in [5.41, 5.74) is -3.64. The lowest BCUT2D eigenvalue weighted by Crippen LogP contribution is -2.15. The normalized spacial score (nSPS) is 11.6. The van der Waals surface area contributed by atoms with Gasteiger partial charge in [-0.2, -0.15) is 18.4 Å². The topological polar surface area (TPSA) is 36.7 Å². The SMILES string of the molecule is N#CCc1nc(Cl)cc(C(F)F)c1C(F)(F)F. The largest absolute Gasteiger partial charge is 0.418 e. The van der Waals surface area contributed by atoms with Crippen LogP contribution >= 0.6 is 11.6 Å². The van der Waals surface area contributed by atoms with Crippen molar-refractivity contribution in [1.29, 1.82) is 5.26 Å². The van der Waals surface area contributed by atoms with Gasteiger partial charge in [-0.3, -0.25) is 0 Å². The molecule has 0 saturated carbocycles. The van der Waals surface area contributed by atoms with Crippen molar-refractivity contribution in [3.8, 4) is 6.07 Å². The van der Waals surface area contributed by atoms with E-state index in [0.717, 1.165) is 0 Å². The first-order valence-electron chi connectivity index (χ1n) is 4.19. The van der Waals surface area contributed by atoms with E-state index in [2.05, 4.69) is 4.98 Å². The molecule has 2 nitrogen and oxygen atoms in total. The second-order valence-electron chi connectivity index (χ2n) is 2.99. The van der Waals surface area contributed by atoms with Crippen LogP contribution in [0.3, 0.4) is 0 Å². The summed E-state index contributed by atoms with van der Waals surface area (Å²) in [7, 11) is 0. The Balaban J connectivity index is 3.54. The summed E-state index contributed by atoms with van der Waals surface area (Å²) in [6.45, 7) is 0. The van der Waals surface area contributed by atoms with Crippen LogP contribution in [-0.2, 0) is 12.6 Å². The maximum absolute atomic E-state index is 12.6. The fourth-order valence-corrected chi connectivity index (χ4v) is 1.51. The van der Waals surface area contributed by atoms with Crippen LogP contribution in [0.25, 0.3) is 0 Å². The number of aromatic nitrogens is 1. The zero-order chi connectivity index (χ0) is 13.2. The predicted octanol–water partition coefficient (Wildman–Crippen LogP) is 3.76. The summed E-state index contributed by atoms with van der Waals surface area (Å²) in [6, 6.07) is 1.88. The molecule has 0 saturated heterocycles.